The average molecular weight is 449 g/mol. The van der Waals surface area contributed by atoms with Crippen molar-refractivity contribution in [3.63, 3.8) is 0 Å². The lowest BCUT2D eigenvalue weighted by atomic mass is 9.92. The van der Waals surface area contributed by atoms with Crippen LogP contribution in [0.3, 0.4) is 0 Å². The van der Waals surface area contributed by atoms with E-state index in [-0.39, 0.29) is 5.56 Å². The Morgan fingerprint density at radius 3 is 2.27 bits per heavy atom. The van der Waals surface area contributed by atoms with E-state index in [9.17, 15) is 9.18 Å². The van der Waals surface area contributed by atoms with Crippen molar-refractivity contribution in [1.29, 1.82) is 0 Å². The number of hydrogen-bond donors (Lipinski definition) is 1. The highest BCUT2D eigenvalue weighted by atomic mass is 19.1. The maximum absolute atomic E-state index is 13.7. The Balaban J connectivity index is 1.80. The monoisotopic (exact) mass is 448 g/mol. The predicted octanol–water partition coefficient (Wildman–Crippen LogP) is 7.73. The molecule has 1 N–H and O–H groups in total. The molecule has 3 rings (SSSR count). The molecule has 4 nitrogen and oxygen atoms in total. The Hall–Kier alpha value is -3.34. The highest BCUT2D eigenvalue weighted by Crippen LogP contribution is 2.32. The summed E-state index contributed by atoms with van der Waals surface area (Å²) in [6, 6.07) is 19.0. The number of ether oxygens (including phenoxy) is 1. The van der Waals surface area contributed by atoms with Gasteiger partial charge < -0.3 is 15.0 Å². The molecule has 3 aromatic rings. The van der Waals surface area contributed by atoms with Gasteiger partial charge in [-0.3, -0.25) is 0 Å². The molecule has 0 heterocycles. The van der Waals surface area contributed by atoms with E-state index in [4.69, 9.17) is 4.74 Å². The van der Waals surface area contributed by atoms with Crippen LogP contribution < -0.4 is 10.2 Å². The molecule has 174 valence electrons. The molecular formula is C28H33FN2O2. The van der Waals surface area contributed by atoms with E-state index >= 15 is 0 Å². The van der Waals surface area contributed by atoms with Crippen LogP contribution in [0.5, 0.6) is 0 Å². The summed E-state index contributed by atoms with van der Waals surface area (Å²) >= 11 is 0. The van der Waals surface area contributed by atoms with Crippen molar-refractivity contribution in [2.45, 2.75) is 46.0 Å². The molecule has 0 aliphatic heterocycles. The van der Waals surface area contributed by atoms with Gasteiger partial charge in [0.25, 0.3) is 0 Å². The highest BCUT2D eigenvalue weighted by Gasteiger charge is 2.15. The average Bonchev–Trinajstić information content (AvgIpc) is 2.83. The first-order valence-electron chi connectivity index (χ1n) is 11.5. The lowest BCUT2D eigenvalue weighted by Crippen LogP contribution is -2.10. The summed E-state index contributed by atoms with van der Waals surface area (Å²) in [5, 5.41) is 3.24. The maximum Gasteiger partial charge on any atom is 0.340 e. The fourth-order valence-electron chi connectivity index (χ4n) is 4.12. The number of rotatable bonds is 9. The lowest BCUT2D eigenvalue weighted by molar-refractivity contribution is 0.0601. The third kappa shape index (κ3) is 5.72. The molecule has 1 unspecified atom stereocenters. The SMILES string of the molecule is CCCC(CC)c1ccc(N(C)c2ccc(Nc3ccc(F)cc3C(=O)OC)c(C)c2)cc1. The van der Waals surface area contributed by atoms with Gasteiger partial charge in [0.15, 0.2) is 0 Å². The van der Waals surface area contributed by atoms with Gasteiger partial charge in [-0.15, -0.1) is 0 Å². The molecule has 0 saturated heterocycles. The van der Waals surface area contributed by atoms with Gasteiger partial charge >= 0.3 is 5.97 Å². The Kier molecular flexibility index (Phi) is 8.10. The molecule has 1 atom stereocenters. The molecule has 0 fully saturated rings. The number of halogens is 1. The third-order valence-electron chi connectivity index (χ3n) is 6.14. The number of benzene rings is 3. The molecule has 0 saturated carbocycles. The zero-order valence-electron chi connectivity index (χ0n) is 20.1. The van der Waals surface area contributed by atoms with Gasteiger partial charge in [-0.05, 0) is 85.3 Å². The zero-order chi connectivity index (χ0) is 24.0. The van der Waals surface area contributed by atoms with Crippen LogP contribution in [-0.2, 0) is 4.74 Å². The van der Waals surface area contributed by atoms with Gasteiger partial charge in [-0.1, -0.05) is 32.4 Å². The number of nitrogens with zero attached hydrogens (tertiary/aromatic N) is 1. The zero-order valence-corrected chi connectivity index (χ0v) is 20.1. The van der Waals surface area contributed by atoms with Crippen LogP contribution >= 0.6 is 0 Å². The molecule has 0 radical (unpaired) electrons. The molecular weight excluding hydrogens is 415 g/mol. The quantitative estimate of drug-likeness (QED) is 0.340. The second-order valence-corrected chi connectivity index (χ2v) is 8.35. The summed E-state index contributed by atoms with van der Waals surface area (Å²) in [5.41, 5.74) is 6.07. The largest absolute Gasteiger partial charge is 0.465 e. The van der Waals surface area contributed by atoms with Gasteiger partial charge in [0.2, 0.25) is 0 Å². The van der Waals surface area contributed by atoms with Crippen molar-refractivity contribution in [3.05, 3.63) is 83.2 Å². The molecule has 0 bridgehead atoms. The third-order valence-corrected chi connectivity index (χ3v) is 6.14. The Morgan fingerprint density at radius 1 is 1.00 bits per heavy atom. The van der Waals surface area contributed by atoms with Crippen LogP contribution in [0.25, 0.3) is 0 Å². The first kappa shape index (κ1) is 24.3. The molecule has 0 spiro atoms. The number of carbonyl (C=O) groups is 1. The van der Waals surface area contributed by atoms with Crippen molar-refractivity contribution in [3.8, 4) is 0 Å². The second kappa shape index (κ2) is 11.0. The first-order chi connectivity index (χ1) is 15.9. The van der Waals surface area contributed by atoms with Crippen molar-refractivity contribution in [2.75, 3.05) is 24.4 Å². The van der Waals surface area contributed by atoms with E-state index in [1.54, 1.807) is 6.07 Å². The Bertz CT molecular complexity index is 1100. The molecule has 0 aliphatic rings. The van der Waals surface area contributed by atoms with Crippen LogP contribution in [0.1, 0.15) is 60.5 Å². The van der Waals surface area contributed by atoms with Gasteiger partial charge in [0.05, 0.1) is 18.4 Å². The van der Waals surface area contributed by atoms with E-state index < -0.39 is 11.8 Å². The molecule has 3 aromatic carbocycles. The minimum Gasteiger partial charge on any atom is -0.465 e. The van der Waals surface area contributed by atoms with Crippen molar-refractivity contribution in [2.24, 2.45) is 0 Å². The topological polar surface area (TPSA) is 41.6 Å². The fraction of sp³-hybridized carbons (Fsp3) is 0.321. The number of aryl methyl sites for hydroxylation is 1. The predicted molar refractivity (Wildman–Crippen MR) is 135 cm³/mol. The molecule has 0 aliphatic carbocycles. The van der Waals surface area contributed by atoms with E-state index in [1.807, 2.05) is 19.1 Å². The number of esters is 1. The molecule has 5 heteroatoms. The van der Waals surface area contributed by atoms with E-state index in [2.05, 4.69) is 61.4 Å². The maximum atomic E-state index is 13.7. The Morgan fingerprint density at radius 2 is 1.67 bits per heavy atom. The van der Waals surface area contributed by atoms with Gasteiger partial charge in [-0.2, -0.15) is 0 Å². The van der Waals surface area contributed by atoms with Crippen LogP contribution in [0.4, 0.5) is 27.1 Å². The van der Waals surface area contributed by atoms with E-state index in [1.165, 1.54) is 37.6 Å². The number of nitrogens with one attached hydrogen (secondary N) is 1. The number of hydrogen-bond acceptors (Lipinski definition) is 4. The molecule has 0 amide bonds. The summed E-state index contributed by atoms with van der Waals surface area (Å²) in [7, 11) is 3.33. The lowest BCUT2D eigenvalue weighted by Gasteiger charge is -2.22. The first-order valence-corrected chi connectivity index (χ1v) is 11.5. The number of carbonyl (C=O) groups excluding carboxylic acids is 1. The number of anilines is 4. The van der Waals surface area contributed by atoms with Gasteiger partial charge in [-0.25, -0.2) is 9.18 Å². The second-order valence-electron chi connectivity index (χ2n) is 8.35. The summed E-state index contributed by atoms with van der Waals surface area (Å²) in [6.45, 7) is 6.48. The van der Waals surface area contributed by atoms with Crippen molar-refractivity contribution < 1.29 is 13.9 Å². The fourth-order valence-corrected chi connectivity index (χ4v) is 4.12. The van der Waals surface area contributed by atoms with Crippen molar-refractivity contribution >= 4 is 28.7 Å². The van der Waals surface area contributed by atoms with Crippen LogP contribution in [0.2, 0.25) is 0 Å². The van der Waals surface area contributed by atoms with E-state index in [0.29, 0.717) is 11.6 Å². The minimum absolute atomic E-state index is 0.159. The van der Waals surface area contributed by atoms with Crippen LogP contribution in [0.15, 0.2) is 60.7 Å². The highest BCUT2D eigenvalue weighted by molar-refractivity contribution is 5.96. The standard InChI is InChI=1S/C28H33FN2O2/c1-6-8-20(7-2)21-9-12-23(13-10-21)31(4)24-14-16-26(19(3)17-24)30-27-15-11-22(29)18-25(27)28(32)33-5/h9-18,20,30H,6-8H2,1-5H3. The molecule has 33 heavy (non-hydrogen) atoms. The van der Waals surface area contributed by atoms with Gasteiger partial charge in [0, 0.05) is 24.1 Å². The van der Waals surface area contributed by atoms with Crippen LogP contribution in [-0.4, -0.2) is 20.1 Å². The Labute approximate surface area is 196 Å². The summed E-state index contributed by atoms with van der Waals surface area (Å²) in [4.78, 5) is 14.2. The minimum atomic E-state index is -0.585. The smallest absolute Gasteiger partial charge is 0.340 e. The summed E-state index contributed by atoms with van der Waals surface area (Å²) in [6.07, 6.45) is 3.56. The molecule has 0 aromatic heterocycles. The number of methoxy groups -OCH3 is 1. The normalized spacial score (nSPS) is 11.7. The van der Waals surface area contributed by atoms with Gasteiger partial charge in [0.1, 0.15) is 5.82 Å². The summed E-state index contributed by atoms with van der Waals surface area (Å²) in [5.74, 6) is -0.456. The van der Waals surface area contributed by atoms with Crippen molar-refractivity contribution in [1.82, 2.24) is 0 Å². The van der Waals surface area contributed by atoms with Crippen LogP contribution in [0, 0.1) is 12.7 Å². The summed E-state index contributed by atoms with van der Waals surface area (Å²) < 4.78 is 18.4. The van der Waals surface area contributed by atoms with E-state index in [0.717, 1.165) is 29.0 Å².